The van der Waals surface area contributed by atoms with Crippen molar-refractivity contribution in [2.75, 3.05) is 6.61 Å². The van der Waals surface area contributed by atoms with Gasteiger partial charge in [0.2, 0.25) is 0 Å². The molecule has 0 rings (SSSR count). The maximum absolute atomic E-state index is 8.88. The van der Waals surface area contributed by atoms with Gasteiger partial charge in [0.15, 0.2) is 0 Å². The van der Waals surface area contributed by atoms with Gasteiger partial charge in [-0.15, -0.1) is 0 Å². The summed E-state index contributed by atoms with van der Waals surface area (Å²) in [5.41, 5.74) is 0. The number of aliphatic hydroxyl groups excluding tert-OH is 1. The minimum Gasteiger partial charge on any atom is -0.397 e. The zero-order chi connectivity index (χ0) is 16.3. The van der Waals surface area contributed by atoms with E-state index in [4.69, 9.17) is 24.4 Å². The molecule has 0 heterocycles. The SMILES string of the molecule is CCO.O=P(O)(O)O.[CH2-]CCCCCCCCCCC.[K+]. The monoisotopic (exact) mass is 352 g/mol. The molecule has 0 aromatic rings. The molecule has 0 unspecified atom stereocenters. The van der Waals surface area contributed by atoms with E-state index in [9.17, 15) is 0 Å². The zero-order valence-corrected chi connectivity index (χ0v) is 18.1. The van der Waals surface area contributed by atoms with Gasteiger partial charge >= 0.3 is 59.2 Å². The smallest absolute Gasteiger partial charge is 0.397 e. The Hall–Kier alpha value is 1.71. The summed E-state index contributed by atoms with van der Waals surface area (Å²) in [6, 6.07) is 0. The maximum atomic E-state index is 8.88. The molecule has 0 bridgehead atoms. The molecule has 21 heavy (non-hydrogen) atoms. The molecule has 0 aliphatic rings. The van der Waals surface area contributed by atoms with Crippen LogP contribution in [-0.4, -0.2) is 26.4 Å². The quantitative estimate of drug-likeness (QED) is 0.213. The van der Waals surface area contributed by atoms with Crippen LogP contribution in [0.4, 0.5) is 0 Å². The van der Waals surface area contributed by atoms with Crippen molar-refractivity contribution in [3.63, 3.8) is 0 Å². The topological polar surface area (TPSA) is 98.0 Å². The Labute approximate surface area is 173 Å². The molecule has 126 valence electrons. The third kappa shape index (κ3) is 73.5. The van der Waals surface area contributed by atoms with Crippen LogP contribution < -0.4 is 51.4 Å². The van der Waals surface area contributed by atoms with Crippen LogP contribution in [0.2, 0.25) is 0 Å². The first kappa shape index (κ1) is 30.6. The molecule has 7 heteroatoms. The fourth-order valence-corrected chi connectivity index (χ4v) is 1.49. The van der Waals surface area contributed by atoms with E-state index in [0.717, 1.165) is 6.42 Å². The number of phosphoric acid groups is 1. The number of hydrogen-bond donors (Lipinski definition) is 4. The first-order valence-corrected chi connectivity index (χ1v) is 9.08. The Morgan fingerprint density at radius 3 is 1.29 bits per heavy atom. The molecular weight excluding hydrogens is 318 g/mol. The van der Waals surface area contributed by atoms with Crippen LogP contribution in [0.3, 0.4) is 0 Å². The molecule has 5 nitrogen and oxygen atoms in total. The van der Waals surface area contributed by atoms with Crippen LogP contribution in [0.1, 0.15) is 78.1 Å². The van der Waals surface area contributed by atoms with E-state index in [1.54, 1.807) is 6.92 Å². The zero-order valence-electron chi connectivity index (χ0n) is 14.1. The molecule has 0 aromatic heterocycles. The predicted molar refractivity (Wildman–Crippen MR) is 84.2 cm³/mol. The number of rotatable bonds is 9. The average Bonchev–Trinajstić information content (AvgIpc) is 2.32. The summed E-state index contributed by atoms with van der Waals surface area (Å²) >= 11 is 0. The molecule has 0 aliphatic heterocycles. The van der Waals surface area contributed by atoms with E-state index in [0.29, 0.717) is 0 Å². The molecule has 0 saturated heterocycles. The van der Waals surface area contributed by atoms with Crippen LogP contribution in [0.25, 0.3) is 0 Å². The van der Waals surface area contributed by atoms with Crippen molar-refractivity contribution in [2.45, 2.75) is 78.1 Å². The second kappa shape index (κ2) is 26.6. The third-order valence-corrected chi connectivity index (χ3v) is 2.35. The van der Waals surface area contributed by atoms with Crippen molar-refractivity contribution in [1.82, 2.24) is 0 Å². The van der Waals surface area contributed by atoms with Gasteiger partial charge in [0, 0.05) is 6.61 Å². The van der Waals surface area contributed by atoms with E-state index in [2.05, 4.69) is 13.8 Å². The van der Waals surface area contributed by atoms with Crippen LogP contribution in [-0.2, 0) is 4.57 Å². The largest absolute Gasteiger partial charge is 1.00 e. The van der Waals surface area contributed by atoms with Gasteiger partial charge in [-0.1, -0.05) is 64.7 Å². The summed E-state index contributed by atoms with van der Waals surface area (Å²) in [5.74, 6) is 0. The summed E-state index contributed by atoms with van der Waals surface area (Å²) in [7, 11) is -4.64. The third-order valence-electron chi connectivity index (χ3n) is 2.35. The van der Waals surface area contributed by atoms with Crippen LogP contribution in [0.15, 0.2) is 0 Å². The van der Waals surface area contributed by atoms with Gasteiger partial charge in [-0.3, -0.25) is 0 Å². The Bertz CT molecular complexity index is 182. The number of aliphatic hydroxyl groups is 1. The Morgan fingerprint density at radius 2 is 1.05 bits per heavy atom. The molecule has 4 N–H and O–H groups in total. The van der Waals surface area contributed by atoms with E-state index < -0.39 is 7.82 Å². The molecule has 0 spiro atoms. The van der Waals surface area contributed by atoms with Gasteiger partial charge in [-0.25, -0.2) is 4.57 Å². The van der Waals surface area contributed by atoms with Crippen LogP contribution >= 0.6 is 7.82 Å². The van der Waals surface area contributed by atoms with Gasteiger partial charge in [0.1, 0.15) is 0 Å². The normalized spacial score (nSPS) is 9.67. The van der Waals surface area contributed by atoms with Gasteiger partial charge in [-0.2, -0.15) is 6.42 Å². The molecule has 0 aromatic carbocycles. The maximum Gasteiger partial charge on any atom is 1.00 e. The molecule has 0 saturated carbocycles. The van der Waals surface area contributed by atoms with Crippen LogP contribution in [0.5, 0.6) is 0 Å². The fourth-order valence-electron chi connectivity index (χ4n) is 1.49. The second-order valence-electron chi connectivity index (χ2n) is 4.51. The minimum absolute atomic E-state index is 0. The van der Waals surface area contributed by atoms with Crippen LogP contribution in [0, 0.1) is 6.92 Å². The standard InChI is InChI=1S/C12H25.C2H6O.K.H3O4P/c1-3-5-7-9-11-12-10-8-6-4-2;1-2-3;;1-5(2,3)4/h1,3-12H2,2H3;3H,2H2,1H3;;(H3,1,2,3,4)/q-1;;+1;. The average molecular weight is 352 g/mol. The number of unbranched alkanes of at least 4 members (excludes halogenated alkanes) is 9. The van der Waals surface area contributed by atoms with Crippen molar-refractivity contribution in [3.05, 3.63) is 6.92 Å². The molecule has 0 radical (unpaired) electrons. The van der Waals surface area contributed by atoms with Crippen molar-refractivity contribution in [1.29, 1.82) is 0 Å². The molecule has 0 aliphatic carbocycles. The van der Waals surface area contributed by atoms with E-state index >= 15 is 0 Å². The summed E-state index contributed by atoms with van der Waals surface area (Å²) in [5, 5.41) is 7.57. The fraction of sp³-hybridized carbons (Fsp3) is 0.929. The van der Waals surface area contributed by atoms with Crippen molar-refractivity contribution in [3.8, 4) is 0 Å². The van der Waals surface area contributed by atoms with E-state index in [1.807, 2.05) is 0 Å². The van der Waals surface area contributed by atoms with Crippen molar-refractivity contribution >= 4 is 7.82 Å². The Balaban J connectivity index is -0.000000135. The van der Waals surface area contributed by atoms with Crippen molar-refractivity contribution in [2.24, 2.45) is 0 Å². The Kier molecular flexibility index (Phi) is 38.7. The van der Waals surface area contributed by atoms with Gasteiger partial charge in [0.05, 0.1) is 0 Å². The van der Waals surface area contributed by atoms with Gasteiger partial charge in [0.25, 0.3) is 0 Å². The van der Waals surface area contributed by atoms with Gasteiger partial charge in [-0.05, 0) is 6.92 Å². The molecule has 0 fully saturated rings. The summed E-state index contributed by atoms with van der Waals surface area (Å²) in [4.78, 5) is 21.6. The minimum atomic E-state index is -4.64. The molecule has 0 atom stereocenters. The Morgan fingerprint density at radius 1 is 0.810 bits per heavy atom. The summed E-state index contributed by atoms with van der Waals surface area (Å²) in [6.07, 6.45) is 13.9. The summed E-state index contributed by atoms with van der Waals surface area (Å²) in [6.45, 7) is 8.05. The first-order chi connectivity index (χ1) is 9.33. The van der Waals surface area contributed by atoms with Crippen molar-refractivity contribution < 1.29 is 75.7 Å². The van der Waals surface area contributed by atoms with E-state index in [1.165, 1.54) is 57.8 Å². The predicted octanol–water partition coefficient (Wildman–Crippen LogP) is 0.815. The van der Waals surface area contributed by atoms with Gasteiger partial charge < -0.3 is 26.7 Å². The molecule has 0 amide bonds. The summed E-state index contributed by atoms with van der Waals surface area (Å²) < 4.78 is 8.88. The van der Waals surface area contributed by atoms with E-state index in [-0.39, 0.29) is 58.0 Å². The number of hydrogen-bond acceptors (Lipinski definition) is 2. The first-order valence-electron chi connectivity index (χ1n) is 7.51. The second-order valence-corrected chi connectivity index (χ2v) is 5.54. The molecular formula is C14H34KO5P.